The third-order valence-electron chi connectivity index (χ3n) is 3.10. The summed E-state index contributed by atoms with van der Waals surface area (Å²) in [6.45, 7) is 0. The van der Waals surface area contributed by atoms with Crippen molar-refractivity contribution in [2.45, 2.75) is 4.90 Å². The largest absolute Gasteiger partial charge is 0.421 e. The minimum atomic E-state index is -3.99. The van der Waals surface area contributed by atoms with E-state index in [2.05, 4.69) is 14.7 Å². The predicted molar refractivity (Wildman–Crippen MR) is 95.8 cm³/mol. The molecule has 0 amide bonds. The molecule has 1 N–H and O–H groups in total. The van der Waals surface area contributed by atoms with Crippen LogP contribution < -0.4 is 9.46 Å². The van der Waals surface area contributed by atoms with Crippen molar-refractivity contribution in [3.63, 3.8) is 0 Å². The van der Waals surface area contributed by atoms with Crippen LogP contribution in [0, 0.1) is 5.82 Å². The third-order valence-corrected chi connectivity index (χ3v) is 5.20. The fraction of sp³-hybridized carbons (Fsp3) is 0. The van der Waals surface area contributed by atoms with Crippen molar-refractivity contribution in [1.82, 2.24) is 9.97 Å². The summed E-state index contributed by atoms with van der Waals surface area (Å²) in [5, 5.41) is 0.238. The standard InChI is InChI=1S/C16H10Cl2FN3O3S/c17-10-5-6-12(18)15(7-10)26(23,24)22-11-8-20-16(21-9-11)25-14-4-2-1-3-13(14)19/h1-9,22H. The number of rotatable bonds is 5. The molecule has 3 aromatic rings. The highest BCUT2D eigenvalue weighted by Gasteiger charge is 2.19. The first kappa shape index (κ1) is 18.4. The second kappa shape index (κ2) is 7.45. The number of hydrogen-bond donors (Lipinski definition) is 1. The molecule has 0 saturated carbocycles. The SMILES string of the molecule is O=S(=O)(Nc1cnc(Oc2ccccc2F)nc1)c1cc(Cl)ccc1Cl. The topological polar surface area (TPSA) is 81.2 Å². The summed E-state index contributed by atoms with van der Waals surface area (Å²) in [7, 11) is -3.99. The molecule has 0 fully saturated rings. The van der Waals surface area contributed by atoms with E-state index >= 15 is 0 Å². The van der Waals surface area contributed by atoms with Gasteiger partial charge in [0.1, 0.15) is 4.90 Å². The fourth-order valence-corrected chi connectivity index (χ4v) is 3.73. The van der Waals surface area contributed by atoms with Gasteiger partial charge in [0.05, 0.1) is 23.1 Å². The number of aromatic nitrogens is 2. The van der Waals surface area contributed by atoms with Crippen LogP contribution in [0.2, 0.25) is 10.0 Å². The Balaban J connectivity index is 1.79. The second-order valence-corrected chi connectivity index (χ2v) is 7.46. The number of ether oxygens (including phenoxy) is 1. The summed E-state index contributed by atoms with van der Waals surface area (Å²) in [5.41, 5.74) is 0.0712. The van der Waals surface area contributed by atoms with Crippen molar-refractivity contribution >= 4 is 38.9 Å². The fourth-order valence-electron chi connectivity index (χ4n) is 1.94. The molecule has 3 rings (SSSR count). The van der Waals surface area contributed by atoms with E-state index in [-0.39, 0.29) is 32.4 Å². The number of nitrogens with one attached hydrogen (secondary N) is 1. The molecule has 0 aliphatic rings. The van der Waals surface area contributed by atoms with Gasteiger partial charge in [0.2, 0.25) is 0 Å². The number of sulfonamides is 1. The number of benzene rings is 2. The van der Waals surface area contributed by atoms with Crippen molar-refractivity contribution in [1.29, 1.82) is 0 Å². The van der Waals surface area contributed by atoms with Crippen LogP contribution in [-0.4, -0.2) is 18.4 Å². The molecular weight excluding hydrogens is 404 g/mol. The molecule has 10 heteroatoms. The van der Waals surface area contributed by atoms with E-state index < -0.39 is 15.8 Å². The first-order chi connectivity index (χ1) is 12.3. The summed E-state index contributed by atoms with van der Waals surface area (Å²) in [6.07, 6.45) is 2.36. The van der Waals surface area contributed by atoms with Crippen molar-refractivity contribution in [3.8, 4) is 11.8 Å². The number of anilines is 1. The Bertz CT molecular complexity index is 1050. The zero-order valence-electron chi connectivity index (χ0n) is 12.9. The number of para-hydroxylation sites is 1. The van der Waals surface area contributed by atoms with Crippen LogP contribution in [0.3, 0.4) is 0 Å². The van der Waals surface area contributed by atoms with Crippen molar-refractivity contribution in [2.24, 2.45) is 0 Å². The molecule has 26 heavy (non-hydrogen) atoms. The molecule has 0 atom stereocenters. The van der Waals surface area contributed by atoms with Gasteiger partial charge in [-0.3, -0.25) is 4.72 Å². The minimum absolute atomic E-state index is 0.0160. The lowest BCUT2D eigenvalue weighted by Gasteiger charge is -2.10. The molecule has 0 spiro atoms. The molecule has 6 nitrogen and oxygen atoms in total. The lowest BCUT2D eigenvalue weighted by Crippen LogP contribution is -2.14. The summed E-state index contributed by atoms with van der Waals surface area (Å²) in [5.74, 6) is -0.622. The number of hydrogen-bond acceptors (Lipinski definition) is 5. The predicted octanol–water partition coefficient (Wildman–Crippen LogP) is 4.52. The summed E-state index contributed by atoms with van der Waals surface area (Å²) in [4.78, 5) is 7.51. The first-order valence-electron chi connectivity index (χ1n) is 7.07. The van der Waals surface area contributed by atoms with Crippen LogP contribution in [0.4, 0.5) is 10.1 Å². The van der Waals surface area contributed by atoms with Gasteiger partial charge in [-0.2, -0.15) is 0 Å². The molecule has 1 heterocycles. The number of halogens is 3. The van der Waals surface area contributed by atoms with Gasteiger partial charge in [-0.25, -0.2) is 22.8 Å². The molecule has 0 aliphatic carbocycles. The van der Waals surface area contributed by atoms with Gasteiger partial charge in [0.25, 0.3) is 10.0 Å². The van der Waals surface area contributed by atoms with Gasteiger partial charge in [-0.15, -0.1) is 0 Å². The van der Waals surface area contributed by atoms with Crippen LogP contribution in [0.25, 0.3) is 0 Å². The van der Waals surface area contributed by atoms with Gasteiger partial charge in [-0.05, 0) is 30.3 Å². The third kappa shape index (κ3) is 4.21. The van der Waals surface area contributed by atoms with Crippen molar-refractivity contribution in [2.75, 3.05) is 4.72 Å². The van der Waals surface area contributed by atoms with Crippen molar-refractivity contribution in [3.05, 3.63) is 70.7 Å². The quantitative estimate of drug-likeness (QED) is 0.664. The van der Waals surface area contributed by atoms with Crippen LogP contribution in [0.15, 0.2) is 59.8 Å². The average Bonchev–Trinajstić information content (AvgIpc) is 2.60. The Hall–Kier alpha value is -2.42. The Morgan fingerprint density at radius 3 is 2.42 bits per heavy atom. The molecular formula is C16H10Cl2FN3O3S. The highest BCUT2D eigenvalue weighted by Crippen LogP contribution is 2.27. The number of nitrogens with zero attached hydrogens (tertiary/aromatic N) is 2. The maximum absolute atomic E-state index is 13.5. The van der Waals surface area contributed by atoms with E-state index in [0.29, 0.717) is 0 Å². The molecule has 0 aliphatic heterocycles. The zero-order chi connectivity index (χ0) is 18.7. The smallest absolute Gasteiger partial charge is 0.322 e. The summed E-state index contributed by atoms with van der Waals surface area (Å²) < 4.78 is 45.8. The molecule has 0 saturated heterocycles. The molecule has 1 aromatic heterocycles. The lowest BCUT2D eigenvalue weighted by atomic mass is 10.3. The van der Waals surface area contributed by atoms with E-state index in [1.165, 1.54) is 48.8 Å². The summed E-state index contributed by atoms with van der Waals surface area (Å²) >= 11 is 11.7. The zero-order valence-corrected chi connectivity index (χ0v) is 15.2. The molecule has 0 unspecified atom stereocenters. The lowest BCUT2D eigenvalue weighted by molar-refractivity contribution is 0.411. The van der Waals surface area contributed by atoms with Gasteiger partial charge >= 0.3 is 6.01 Å². The summed E-state index contributed by atoms with van der Waals surface area (Å²) in [6, 6.07) is 9.68. The maximum Gasteiger partial charge on any atom is 0.322 e. The monoisotopic (exact) mass is 413 g/mol. The van der Waals surface area contributed by atoms with E-state index in [9.17, 15) is 12.8 Å². The highest BCUT2D eigenvalue weighted by molar-refractivity contribution is 7.92. The highest BCUT2D eigenvalue weighted by atomic mass is 35.5. The van der Waals surface area contributed by atoms with Gasteiger partial charge in [0, 0.05) is 5.02 Å². The van der Waals surface area contributed by atoms with Crippen LogP contribution in [0.1, 0.15) is 0 Å². The minimum Gasteiger partial charge on any atom is -0.421 e. The molecule has 2 aromatic carbocycles. The van der Waals surface area contributed by atoms with Crippen LogP contribution >= 0.6 is 23.2 Å². The van der Waals surface area contributed by atoms with Gasteiger partial charge < -0.3 is 4.74 Å². The van der Waals surface area contributed by atoms with Crippen LogP contribution in [0.5, 0.6) is 11.8 Å². The van der Waals surface area contributed by atoms with Crippen LogP contribution in [-0.2, 0) is 10.0 Å². The Morgan fingerprint density at radius 2 is 1.73 bits per heavy atom. The first-order valence-corrected chi connectivity index (χ1v) is 9.31. The second-order valence-electron chi connectivity index (χ2n) is 4.97. The molecule has 0 radical (unpaired) electrons. The van der Waals surface area contributed by atoms with E-state index in [0.717, 1.165) is 0 Å². The molecule has 0 bridgehead atoms. The Morgan fingerprint density at radius 1 is 1.04 bits per heavy atom. The maximum atomic E-state index is 13.5. The van der Waals surface area contributed by atoms with E-state index in [1.807, 2.05) is 0 Å². The Kier molecular flexibility index (Phi) is 5.26. The van der Waals surface area contributed by atoms with E-state index in [4.69, 9.17) is 27.9 Å². The molecule has 134 valence electrons. The van der Waals surface area contributed by atoms with Crippen molar-refractivity contribution < 1.29 is 17.5 Å². The van der Waals surface area contributed by atoms with E-state index in [1.54, 1.807) is 6.07 Å². The normalized spacial score (nSPS) is 11.2. The van der Waals surface area contributed by atoms with Gasteiger partial charge in [0.15, 0.2) is 11.6 Å². The Labute approximate surface area is 158 Å². The van der Waals surface area contributed by atoms with Gasteiger partial charge in [-0.1, -0.05) is 35.3 Å². The average molecular weight is 414 g/mol.